The lowest BCUT2D eigenvalue weighted by molar-refractivity contribution is -0.0980. The van der Waals surface area contributed by atoms with Crippen LogP contribution in [0.2, 0.25) is 0 Å². The van der Waals surface area contributed by atoms with E-state index in [9.17, 15) is 4.39 Å². The van der Waals surface area contributed by atoms with Gasteiger partial charge in [-0.2, -0.15) is 0 Å². The quantitative estimate of drug-likeness (QED) is 0.391. The Bertz CT molecular complexity index is 1100. The van der Waals surface area contributed by atoms with Crippen LogP contribution in [0.1, 0.15) is 58.4 Å². The van der Waals surface area contributed by atoms with Crippen molar-refractivity contribution in [2.75, 3.05) is 18.5 Å². The summed E-state index contributed by atoms with van der Waals surface area (Å²) in [5, 5.41) is 4.31. The summed E-state index contributed by atoms with van der Waals surface area (Å²) in [5.41, 5.74) is 3.44. The molecule has 3 aromatic rings. The lowest BCUT2D eigenvalue weighted by Crippen LogP contribution is -2.16. The number of nitrogens with zero attached hydrogens (tertiary/aromatic N) is 3. The molecule has 2 heterocycles. The number of halogens is 1. The van der Waals surface area contributed by atoms with Gasteiger partial charge in [0.15, 0.2) is 0 Å². The first-order valence-electron chi connectivity index (χ1n) is 12.1. The zero-order valence-electron chi connectivity index (χ0n) is 21.0. The smallest absolute Gasteiger partial charge is 0.146 e. The molecule has 1 aliphatic heterocycles. The van der Waals surface area contributed by atoms with Crippen molar-refractivity contribution in [2.24, 2.45) is 4.99 Å². The van der Waals surface area contributed by atoms with Crippen LogP contribution in [0.3, 0.4) is 0 Å². The number of aliphatic imine (C=N–C) groups is 1. The van der Waals surface area contributed by atoms with Crippen LogP contribution in [-0.2, 0) is 9.53 Å². The van der Waals surface area contributed by atoms with Crippen LogP contribution in [0.4, 0.5) is 21.6 Å². The van der Waals surface area contributed by atoms with Crippen LogP contribution in [0, 0.1) is 5.82 Å². The Hall–Kier alpha value is -3.39. The third kappa shape index (κ3) is 7.05. The lowest BCUT2D eigenvalue weighted by atomic mass is 10.0. The van der Waals surface area contributed by atoms with Crippen molar-refractivity contribution in [2.45, 2.75) is 59.0 Å². The fourth-order valence-corrected chi connectivity index (χ4v) is 3.72. The minimum Gasteiger partial charge on any atom is -0.486 e. The van der Waals surface area contributed by atoms with Gasteiger partial charge in [0.1, 0.15) is 36.6 Å². The van der Waals surface area contributed by atoms with Crippen molar-refractivity contribution >= 4 is 41.6 Å². The fraction of sp³-hybridized carbons (Fsp3) is 0.407. The third-order valence-electron chi connectivity index (χ3n) is 5.33. The Morgan fingerprint density at radius 2 is 1.83 bits per heavy atom. The molecule has 1 atom stereocenters. The van der Waals surface area contributed by atoms with Gasteiger partial charge in [0.2, 0.25) is 0 Å². The summed E-state index contributed by atoms with van der Waals surface area (Å²) < 4.78 is 25.3. The van der Waals surface area contributed by atoms with Crippen LogP contribution in [-0.4, -0.2) is 42.8 Å². The Kier molecular flexibility index (Phi) is 11.2. The SMILES string of the molecule is C=Nc1cc(C2CC2)c2c(Nc3ccc(F)cc3OC3CCOC3)ncnc2c1.C=O.CC.CC. The number of hydrogen-bond acceptors (Lipinski definition) is 7. The number of nitrogens with one attached hydrogen (secondary N) is 1. The molecule has 35 heavy (non-hydrogen) atoms. The molecule has 2 fully saturated rings. The van der Waals surface area contributed by atoms with Crippen molar-refractivity contribution in [3.8, 4) is 5.75 Å². The van der Waals surface area contributed by atoms with Gasteiger partial charge in [-0.15, -0.1) is 0 Å². The maximum absolute atomic E-state index is 13.9. The second-order valence-corrected chi connectivity index (χ2v) is 7.45. The van der Waals surface area contributed by atoms with Crippen molar-refractivity contribution < 1.29 is 18.7 Å². The number of rotatable bonds is 6. The molecule has 0 amide bonds. The maximum atomic E-state index is 13.9. The van der Waals surface area contributed by atoms with Gasteiger partial charge in [-0.25, -0.2) is 14.4 Å². The van der Waals surface area contributed by atoms with Gasteiger partial charge in [0, 0.05) is 17.9 Å². The van der Waals surface area contributed by atoms with Gasteiger partial charge in [-0.05, 0) is 55.3 Å². The van der Waals surface area contributed by atoms with Crippen molar-refractivity contribution in [3.05, 3.63) is 48.0 Å². The Morgan fingerprint density at radius 3 is 2.46 bits per heavy atom. The van der Waals surface area contributed by atoms with Gasteiger partial charge < -0.3 is 19.6 Å². The molecular weight excluding hydrogens is 447 g/mol. The zero-order valence-corrected chi connectivity index (χ0v) is 21.0. The summed E-state index contributed by atoms with van der Waals surface area (Å²) in [5.74, 6) is 1.25. The summed E-state index contributed by atoms with van der Waals surface area (Å²) in [4.78, 5) is 21.0. The molecule has 0 radical (unpaired) electrons. The predicted molar refractivity (Wildman–Crippen MR) is 140 cm³/mol. The van der Waals surface area contributed by atoms with E-state index >= 15 is 0 Å². The van der Waals surface area contributed by atoms with Crippen LogP contribution in [0.25, 0.3) is 10.9 Å². The van der Waals surface area contributed by atoms with Crippen LogP contribution in [0.5, 0.6) is 5.75 Å². The first-order chi connectivity index (χ1) is 17.2. The largest absolute Gasteiger partial charge is 0.486 e. The molecule has 1 N–H and O–H groups in total. The number of aromatic nitrogens is 2. The van der Waals surface area contributed by atoms with Crippen molar-refractivity contribution in [1.29, 1.82) is 0 Å². The summed E-state index contributed by atoms with van der Waals surface area (Å²) in [6.07, 6.45) is 4.49. The van der Waals surface area contributed by atoms with E-state index in [4.69, 9.17) is 14.3 Å². The lowest BCUT2D eigenvalue weighted by Gasteiger charge is -2.18. The average Bonchev–Trinajstić information content (AvgIpc) is 3.64. The zero-order chi connectivity index (χ0) is 25.8. The number of carbonyl (C=O) groups is 1. The molecule has 0 spiro atoms. The minimum atomic E-state index is -0.350. The van der Waals surface area contributed by atoms with E-state index in [2.05, 4.69) is 33.1 Å². The van der Waals surface area contributed by atoms with Gasteiger partial charge in [0.05, 0.1) is 30.1 Å². The second kappa shape index (κ2) is 14.1. The summed E-state index contributed by atoms with van der Waals surface area (Å²) in [7, 11) is 0. The van der Waals surface area contributed by atoms with Crippen LogP contribution >= 0.6 is 0 Å². The minimum absolute atomic E-state index is 0.0808. The molecule has 2 aliphatic rings. The first kappa shape index (κ1) is 27.9. The molecule has 1 aliphatic carbocycles. The highest BCUT2D eigenvalue weighted by Crippen LogP contribution is 2.46. The molecule has 8 heteroatoms. The Balaban J connectivity index is 0.000000671. The van der Waals surface area contributed by atoms with E-state index in [1.54, 1.807) is 6.07 Å². The van der Waals surface area contributed by atoms with E-state index in [1.165, 1.54) is 24.0 Å². The van der Waals surface area contributed by atoms with E-state index in [-0.39, 0.29) is 11.9 Å². The van der Waals surface area contributed by atoms with Gasteiger partial charge >= 0.3 is 0 Å². The van der Waals surface area contributed by atoms with Gasteiger partial charge in [0.25, 0.3) is 0 Å². The number of anilines is 2. The van der Waals surface area contributed by atoms with Gasteiger partial charge in [-0.3, -0.25) is 4.99 Å². The maximum Gasteiger partial charge on any atom is 0.146 e. The normalized spacial score (nSPS) is 16.0. The molecule has 2 aromatic carbocycles. The first-order valence-corrected chi connectivity index (χ1v) is 12.1. The summed E-state index contributed by atoms with van der Waals surface area (Å²) in [6.45, 7) is 14.8. The summed E-state index contributed by atoms with van der Waals surface area (Å²) >= 11 is 0. The number of benzene rings is 2. The van der Waals surface area contributed by atoms with Crippen LogP contribution < -0.4 is 10.1 Å². The molecule has 0 bridgehead atoms. The molecule has 1 saturated carbocycles. The Labute approximate surface area is 206 Å². The van der Waals surface area contributed by atoms with Crippen LogP contribution in [0.15, 0.2) is 41.7 Å². The molecule has 5 rings (SSSR count). The standard InChI is InChI=1S/C22H21FN4O2.2C2H6.CH2O/c1-24-15-9-17(13-2-3-13)21-19(10-15)25-12-26-22(21)27-18-5-4-14(23)8-20(18)29-16-6-7-28-11-16;3*1-2/h4-5,8-10,12-13,16H,1-3,6-7,11H2,(H,25,26,27);2*1-2H3;1H2. The highest BCUT2D eigenvalue weighted by molar-refractivity contribution is 5.96. The van der Waals surface area contributed by atoms with E-state index in [0.29, 0.717) is 36.4 Å². The van der Waals surface area contributed by atoms with Crippen molar-refractivity contribution in [1.82, 2.24) is 9.97 Å². The number of carbonyl (C=O) groups excluding carboxylic acids is 1. The molecular formula is C27H35FN4O3. The highest BCUT2D eigenvalue weighted by atomic mass is 19.1. The van der Waals surface area contributed by atoms with Gasteiger partial charge in [-0.1, -0.05) is 27.7 Å². The number of fused-ring (bicyclic) bond motifs is 1. The highest BCUT2D eigenvalue weighted by Gasteiger charge is 2.28. The second-order valence-electron chi connectivity index (χ2n) is 7.45. The average molecular weight is 483 g/mol. The topological polar surface area (TPSA) is 85.7 Å². The van der Waals surface area contributed by atoms with E-state index in [0.717, 1.165) is 35.9 Å². The molecule has 7 nitrogen and oxygen atoms in total. The Morgan fingerprint density at radius 1 is 1.09 bits per heavy atom. The van der Waals surface area contributed by atoms with E-state index < -0.39 is 0 Å². The third-order valence-corrected chi connectivity index (χ3v) is 5.33. The predicted octanol–water partition coefficient (Wildman–Crippen LogP) is 6.76. The molecule has 1 saturated heterocycles. The number of ether oxygens (including phenoxy) is 2. The number of hydrogen-bond donors (Lipinski definition) is 1. The molecule has 1 aromatic heterocycles. The molecule has 1 unspecified atom stereocenters. The van der Waals surface area contributed by atoms with E-state index in [1.807, 2.05) is 40.6 Å². The summed E-state index contributed by atoms with van der Waals surface area (Å²) in [6, 6.07) is 8.43. The molecule has 188 valence electrons. The fourth-order valence-electron chi connectivity index (χ4n) is 3.72. The monoisotopic (exact) mass is 482 g/mol. The van der Waals surface area contributed by atoms with Crippen molar-refractivity contribution in [3.63, 3.8) is 0 Å².